The highest BCUT2D eigenvalue weighted by Gasteiger charge is 2.27. The Labute approximate surface area is 191 Å². The highest BCUT2D eigenvalue weighted by atomic mass is 16.5. The van der Waals surface area contributed by atoms with E-state index in [-0.39, 0.29) is 28.2 Å². The lowest BCUT2D eigenvalue weighted by Crippen LogP contribution is -2.11. The molecule has 9 heteroatoms. The molecule has 0 aliphatic carbocycles. The Morgan fingerprint density at radius 3 is 1.79 bits per heavy atom. The lowest BCUT2D eigenvalue weighted by Gasteiger charge is -2.18. The van der Waals surface area contributed by atoms with E-state index in [1.54, 1.807) is 18.2 Å². The van der Waals surface area contributed by atoms with Gasteiger partial charge in [0.15, 0.2) is 28.8 Å². The highest BCUT2D eigenvalue weighted by Crippen LogP contribution is 2.47. The van der Waals surface area contributed by atoms with E-state index in [9.17, 15) is 4.79 Å². The van der Waals surface area contributed by atoms with Gasteiger partial charge < -0.3 is 37.6 Å². The number of fused-ring (bicyclic) bond motifs is 1. The molecule has 2 aromatic carbocycles. The van der Waals surface area contributed by atoms with Crippen molar-refractivity contribution in [2.75, 3.05) is 48.8 Å². The van der Waals surface area contributed by atoms with E-state index in [0.717, 1.165) is 0 Å². The molecule has 0 N–H and O–H groups in total. The third-order valence-electron chi connectivity index (χ3n) is 4.97. The minimum Gasteiger partial charge on any atom is -0.496 e. The monoisotopic (exact) mass is 460 g/mol. The van der Waals surface area contributed by atoms with Gasteiger partial charge in [-0.25, -0.2) is 0 Å². The quantitative estimate of drug-likeness (QED) is 0.439. The smallest absolute Gasteiger partial charge is 0.239 e. The highest BCUT2D eigenvalue weighted by molar-refractivity contribution is 5.92. The zero-order valence-electron chi connectivity index (χ0n) is 19.8. The minimum atomic E-state index is -0.433. The molecule has 3 aromatic rings. The van der Waals surface area contributed by atoms with Crippen LogP contribution in [0.1, 0.15) is 13.8 Å². The molecule has 0 aliphatic heterocycles. The van der Waals surface area contributed by atoms with Crippen molar-refractivity contribution in [3.05, 3.63) is 28.4 Å². The van der Waals surface area contributed by atoms with E-state index in [4.69, 9.17) is 37.6 Å². The average molecular weight is 460 g/mol. The van der Waals surface area contributed by atoms with Crippen LogP contribution in [0.3, 0.4) is 0 Å². The molecule has 0 spiro atoms. The Morgan fingerprint density at radius 2 is 1.24 bits per heavy atom. The molecule has 0 unspecified atom stereocenters. The fourth-order valence-corrected chi connectivity index (χ4v) is 3.55. The Kier molecular flexibility index (Phi) is 7.42. The van der Waals surface area contributed by atoms with Crippen LogP contribution in [0.5, 0.6) is 40.2 Å². The molecule has 0 bridgehead atoms. The van der Waals surface area contributed by atoms with Gasteiger partial charge in [-0.15, -0.1) is 0 Å². The molecule has 1 heterocycles. The Bertz CT molecular complexity index is 1200. The minimum absolute atomic E-state index is 0.0263. The maximum absolute atomic E-state index is 13.6. The fourth-order valence-electron chi connectivity index (χ4n) is 3.55. The van der Waals surface area contributed by atoms with Crippen molar-refractivity contribution in [2.45, 2.75) is 13.8 Å². The van der Waals surface area contributed by atoms with Crippen LogP contribution in [0.2, 0.25) is 0 Å². The summed E-state index contributed by atoms with van der Waals surface area (Å²) in [6, 6.07) is 4.88. The van der Waals surface area contributed by atoms with Crippen LogP contribution in [0.4, 0.5) is 0 Å². The zero-order chi connectivity index (χ0) is 24.1. The first kappa shape index (κ1) is 23.9. The van der Waals surface area contributed by atoms with Gasteiger partial charge in [-0.05, 0) is 19.9 Å². The number of hydrogen-bond acceptors (Lipinski definition) is 9. The van der Waals surface area contributed by atoms with Crippen LogP contribution in [0.15, 0.2) is 27.4 Å². The number of ether oxygens (including phenoxy) is 7. The Balaban J connectivity index is 2.45. The summed E-state index contributed by atoms with van der Waals surface area (Å²) in [7, 11) is 7.42. The van der Waals surface area contributed by atoms with Crippen molar-refractivity contribution in [1.82, 2.24) is 0 Å². The molecule has 0 amide bonds. The number of rotatable bonds is 10. The SMILES string of the molecule is CCOc1c(OC)cc2oc(-c3cc(OC)c(OC)cc3OC)c(OC)c(=O)c2c1OCC. The van der Waals surface area contributed by atoms with Crippen LogP contribution >= 0.6 is 0 Å². The lowest BCUT2D eigenvalue weighted by molar-refractivity contribution is 0.274. The second-order valence-corrected chi connectivity index (χ2v) is 6.68. The summed E-state index contributed by atoms with van der Waals surface area (Å²) in [6.45, 7) is 4.29. The summed E-state index contributed by atoms with van der Waals surface area (Å²) in [4.78, 5) is 13.6. The summed E-state index contributed by atoms with van der Waals surface area (Å²) in [6.07, 6.45) is 0. The standard InChI is InChI=1S/C24H28O9/c1-8-31-22-18(29-6)12-17-19(23(22)32-9-2)20(25)24(30-7)21(33-17)13-10-15(27-4)16(28-5)11-14(13)26-3/h10-12H,8-9H2,1-7H3. The van der Waals surface area contributed by atoms with Crippen molar-refractivity contribution in [1.29, 1.82) is 0 Å². The predicted molar refractivity (Wildman–Crippen MR) is 123 cm³/mol. The summed E-state index contributed by atoms with van der Waals surface area (Å²) in [5.74, 6) is 2.33. The summed E-state index contributed by atoms with van der Waals surface area (Å²) < 4.78 is 45.0. The van der Waals surface area contributed by atoms with Crippen LogP contribution in [-0.4, -0.2) is 48.8 Å². The summed E-state index contributed by atoms with van der Waals surface area (Å²) in [5, 5.41) is 0.182. The van der Waals surface area contributed by atoms with Gasteiger partial charge in [-0.3, -0.25) is 4.79 Å². The first-order valence-corrected chi connectivity index (χ1v) is 10.3. The van der Waals surface area contributed by atoms with Gasteiger partial charge in [0.25, 0.3) is 0 Å². The van der Waals surface area contributed by atoms with E-state index in [0.29, 0.717) is 47.5 Å². The number of hydrogen-bond donors (Lipinski definition) is 0. The van der Waals surface area contributed by atoms with E-state index in [1.165, 1.54) is 35.5 Å². The van der Waals surface area contributed by atoms with E-state index < -0.39 is 5.43 Å². The van der Waals surface area contributed by atoms with Gasteiger partial charge >= 0.3 is 0 Å². The molecule has 0 saturated carbocycles. The van der Waals surface area contributed by atoms with Gasteiger partial charge in [0, 0.05) is 12.1 Å². The van der Waals surface area contributed by atoms with Crippen molar-refractivity contribution >= 4 is 11.0 Å². The van der Waals surface area contributed by atoms with Crippen LogP contribution < -0.4 is 38.6 Å². The van der Waals surface area contributed by atoms with Gasteiger partial charge in [0.05, 0.1) is 54.3 Å². The van der Waals surface area contributed by atoms with Gasteiger partial charge in [-0.2, -0.15) is 0 Å². The molecule has 0 fully saturated rings. The predicted octanol–water partition coefficient (Wildman–Crippen LogP) is 4.30. The lowest BCUT2D eigenvalue weighted by atomic mass is 10.1. The van der Waals surface area contributed by atoms with Crippen LogP contribution in [-0.2, 0) is 0 Å². The first-order chi connectivity index (χ1) is 16.0. The Morgan fingerprint density at radius 1 is 0.667 bits per heavy atom. The maximum atomic E-state index is 13.6. The first-order valence-electron chi connectivity index (χ1n) is 10.3. The molecule has 3 rings (SSSR count). The third kappa shape index (κ3) is 4.18. The van der Waals surface area contributed by atoms with Gasteiger partial charge in [0.1, 0.15) is 16.7 Å². The number of benzene rings is 2. The van der Waals surface area contributed by atoms with E-state index in [1.807, 2.05) is 13.8 Å². The van der Waals surface area contributed by atoms with Gasteiger partial charge in [-0.1, -0.05) is 0 Å². The largest absolute Gasteiger partial charge is 0.496 e. The van der Waals surface area contributed by atoms with Crippen molar-refractivity contribution in [3.8, 4) is 51.6 Å². The van der Waals surface area contributed by atoms with Crippen molar-refractivity contribution in [3.63, 3.8) is 0 Å². The second kappa shape index (κ2) is 10.2. The second-order valence-electron chi connectivity index (χ2n) is 6.68. The molecule has 178 valence electrons. The Hall–Kier alpha value is -3.75. The zero-order valence-corrected chi connectivity index (χ0v) is 19.8. The van der Waals surface area contributed by atoms with Crippen molar-refractivity contribution < 1.29 is 37.6 Å². The molecular weight excluding hydrogens is 432 g/mol. The fraction of sp³-hybridized carbons (Fsp3) is 0.375. The molecule has 33 heavy (non-hydrogen) atoms. The molecule has 0 aliphatic rings. The topological polar surface area (TPSA) is 94.8 Å². The third-order valence-corrected chi connectivity index (χ3v) is 4.97. The molecular formula is C24H28O9. The molecule has 9 nitrogen and oxygen atoms in total. The summed E-state index contributed by atoms with van der Waals surface area (Å²) >= 11 is 0. The van der Waals surface area contributed by atoms with Crippen LogP contribution in [0, 0.1) is 0 Å². The van der Waals surface area contributed by atoms with Crippen molar-refractivity contribution in [2.24, 2.45) is 0 Å². The average Bonchev–Trinajstić information content (AvgIpc) is 2.84. The van der Waals surface area contributed by atoms with Crippen LogP contribution in [0.25, 0.3) is 22.3 Å². The maximum Gasteiger partial charge on any atom is 0.239 e. The molecule has 0 atom stereocenters. The van der Waals surface area contributed by atoms with E-state index >= 15 is 0 Å². The number of methoxy groups -OCH3 is 5. The van der Waals surface area contributed by atoms with Gasteiger partial charge in [0.2, 0.25) is 16.9 Å². The van der Waals surface area contributed by atoms with E-state index in [2.05, 4.69) is 0 Å². The molecule has 1 aromatic heterocycles. The molecule has 0 saturated heterocycles. The summed E-state index contributed by atoms with van der Waals surface area (Å²) in [5.41, 5.74) is 0.242. The normalized spacial score (nSPS) is 10.6. The molecule has 0 radical (unpaired) electrons.